The molecule has 1 unspecified atom stereocenters. The van der Waals surface area contributed by atoms with E-state index in [4.69, 9.17) is 10.8 Å². The summed E-state index contributed by atoms with van der Waals surface area (Å²) in [6.07, 6.45) is 0.398. The minimum atomic E-state index is -0.852. The smallest absolute Gasteiger partial charge is 0.121 e. The first-order valence-electron chi connectivity index (χ1n) is 1.83. The second-order valence-electron chi connectivity index (χ2n) is 0.726. The van der Waals surface area contributed by atoms with Gasteiger partial charge in [0.2, 0.25) is 0 Å². The Bertz CT molecular complexity index is 43.3. The molecule has 0 heterocycles. The number of aliphatic hydroxyl groups excluding tert-OH is 1. The second kappa shape index (κ2) is 9.04. The zero-order valence-electron chi connectivity index (χ0n) is 4.30. The fourth-order valence-electron chi connectivity index (χ4n) is 0. The van der Waals surface area contributed by atoms with Crippen molar-refractivity contribution in [3.8, 4) is 0 Å². The van der Waals surface area contributed by atoms with Crippen LogP contribution in [0.15, 0.2) is 25.8 Å². The zero-order valence-corrected chi connectivity index (χ0v) is 4.30. The molecule has 0 aliphatic rings. The average Bonchev–Trinajstić information content (AvgIpc) is 1.73. The summed E-state index contributed by atoms with van der Waals surface area (Å²) in [6, 6.07) is 0. The minimum absolute atomic E-state index is 0.852. The van der Waals surface area contributed by atoms with Crippen molar-refractivity contribution in [2.45, 2.75) is 6.23 Å². The molecule has 0 bridgehead atoms. The van der Waals surface area contributed by atoms with Gasteiger partial charge in [0, 0.05) is 0 Å². The van der Waals surface area contributed by atoms with Crippen LogP contribution in [0.5, 0.6) is 0 Å². The van der Waals surface area contributed by atoms with Crippen LogP contribution < -0.4 is 5.73 Å². The van der Waals surface area contributed by atoms with Crippen molar-refractivity contribution in [2.24, 2.45) is 5.73 Å². The van der Waals surface area contributed by atoms with Crippen LogP contribution in [0.4, 0.5) is 0 Å². The summed E-state index contributed by atoms with van der Waals surface area (Å²) in [5.41, 5.74) is 4.73. The third-order valence-electron chi connectivity index (χ3n) is 0.241. The first-order valence-corrected chi connectivity index (χ1v) is 1.83. The topological polar surface area (TPSA) is 46.2 Å². The highest BCUT2D eigenvalue weighted by Gasteiger charge is 1.74. The molecule has 0 amide bonds. The molecule has 0 aromatic carbocycles. The van der Waals surface area contributed by atoms with E-state index in [9.17, 15) is 0 Å². The Morgan fingerprint density at radius 2 is 1.71 bits per heavy atom. The summed E-state index contributed by atoms with van der Waals surface area (Å²) in [4.78, 5) is 0. The fourth-order valence-corrected chi connectivity index (χ4v) is 0. The van der Waals surface area contributed by atoms with Crippen LogP contribution in [0.3, 0.4) is 0 Å². The van der Waals surface area contributed by atoms with Crippen LogP contribution in [0.1, 0.15) is 0 Å². The van der Waals surface area contributed by atoms with Gasteiger partial charge >= 0.3 is 0 Å². The fraction of sp³-hybridized carbons (Fsp3) is 0.200. The van der Waals surface area contributed by atoms with Crippen LogP contribution in [-0.4, -0.2) is 11.3 Å². The Labute approximate surface area is 44.0 Å². The number of hydrogen-bond donors (Lipinski definition) is 2. The molecule has 2 nitrogen and oxygen atoms in total. The van der Waals surface area contributed by atoms with Gasteiger partial charge in [-0.1, -0.05) is 6.58 Å². The summed E-state index contributed by atoms with van der Waals surface area (Å²) in [6.45, 7) is 9.19. The molecule has 0 aliphatic carbocycles. The lowest BCUT2D eigenvalue weighted by Gasteiger charge is -1.85. The molecule has 3 N–H and O–H groups in total. The zero-order chi connectivity index (χ0) is 6.28. The third-order valence-corrected chi connectivity index (χ3v) is 0.241. The quantitative estimate of drug-likeness (QED) is 0.367. The van der Waals surface area contributed by atoms with Crippen molar-refractivity contribution in [3.05, 3.63) is 25.8 Å². The molecule has 42 valence electrons. The van der Waals surface area contributed by atoms with Gasteiger partial charge in [0.25, 0.3) is 0 Å². The van der Waals surface area contributed by atoms with Gasteiger partial charge in [-0.2, -0.15) is 0 Å². The highest BCUT2D eigenvalue weighted by Crippen LogP contribution is 1.61. The normalized spacial score (nSPS) is 10.6. The maximum absolute atomic E-state index is 8.02. The van der Waals surface area contributed by atoms with Crippen molar-refractivity contribution in [1.29, 1.82) is 0 Å². The van der Waals surface area contributed by atoms with E-state index in [0.717, 1.165) is 0 Å². The molecule has 0 aliphatic heterocycles. The molecule has 0 radical (unpaired) electrons. The first kappa shape index (κ1) is 9.64. The summed E-state index contributed by atoms with van der Waals surface area (Å²) >= 11 is 0. The summed E-state index contributed by atoms with van der Waals surface area (Å²) < 4.78 is 0. The molecule has 7 heavy (non-hydrogen) atoms. The van der Waals surface area contributed by atoms with Crippen molar-refractivity contribution >= 4 is 0 Å². The van der Waals surface area contributed by atoms with Crippen LogP contribution in [0.2, 0.25) is 0 Å². The van der Waals surface area contributed by atoms with Gasteiger partial charge in [0.1, 0.15) is 6.23 Å². The Hall–Kier alpha value is -0.600. The Kier molecular flexibility index (Phi) is 12.5. The molecule has 0 aromatic heterocycles. The van der Waals surface area contributed by atoms with Crippen LogP contribution in [0, 0.1) is 0 Å². The number of aliphatic hydroxyl groups is 1. The Balaban J connectivity index is 0. The van der Waals surface area contributed by atoms with Gasteiger partial charge in [0.15, 0.2) is 0 Å². The molecule has 0 saturated heterocycles. The van der Waals surface area contributed by atoms with E-state index in [1.54, 1.807) is 0 Å². The molecular weight excluding hydrogens is 90.1 g/mol. The van der Waals surface area contributed by atoms with E-state index in [1.807, 2.05) is 0 Å². The van der Waals surface area contributed by atoms with Crippen molar-refractivity contribution in [3.63, 3.8) is 0 Å². The highest BCUT2D eigenvalue weighted by molar-refractivity contribution is 4.70. The van der Waals surface area contributed by atoms with Gasteiger partial charge < -0.3 is 10.8 Å². The van der Waals surface area contributed by atoms with Crippen molar-refractivity contribution in [1.82, 2.24) is 0 Å². The minimum Gasteiger partial charge on any atom is -0.375 e. The SMILES string of the molecule is C=C.C=CC(N)O. The second-order valence-corrected chi connectivity index (χ2v) is 0.726. The summed E-state index contributed by atoms with van der Waals surface area (Å²) in [5.74, 6) is 0. The standard InChI is InChI=1S/C3H7NO.C2H4/c1-2-3(4)5;1-2/h2-3,5H,1,4H2;1-2H2. The van der Waals surface area contributed by atoms with E-state index in [1.165, 1.54) is 6.08 Å². The van der Waals surface area contributed by atoms with Crippen LogP contribution in [0.25, 0.3) is 0 Å². The third kappa shape index (κ3) is 31.8. The van der Waals surface area contributed by atoms with E-state index < -0.39 is 6.23 Å². The lowest BCUT2D eigenvalue weighted by Crippen LogP contribution is -2.13. The molecule has 0 spiro atoms. The lowest BCUT2D eigenvalue weighted by atomic mass is 10.6. The molecule has 1 atom stereocenters. The number of rotatable bonds is 1. The van der Waals surface area contributed by atoms with Gasteiger partial charge in [-0.15, -0.1) is 13.2 Å². The maximum atomic E-state index is 8.02. The Morgan fingerprint density at radius 3 is 1.71 bits per heavy atom. The monoisotopic (exact) mass is 101 g/mol. The first-order chi connectivity index (χ1) is 3.27. The molecule has 0 rings (SSSR count). The Morgan fingerprint density at radius 1 is 1.57 bits per heavy atom. The molecule has 0 saturated carbocycles. The van der Waals surface area contributed by atoms with Gasteiger partial charge in [-0.05, 0) is 6.08 Å². The molecule has 0 fully saturated rings. The van der Waals surface area contributed by atoms with Gasteiger partial charge in [0.05, 0.1) is 0 Å². The predicted octanol–water partition coefficient (Wildman–Crippen LogP) is 0.252. The van der Waals surface area contributed by atoms with Gasteiger partial charge in [-0.3, -0.25) is 0 Å². The molecular formula is C5H11NO. The highest BCUT2D eigenvalue weighted by atomic mass is 16.3. The van der Waals surface area contributed by atoms with Gasteiger partial charge in [-0.25, -0.2) is 0 Å². The van der Waals surface area contributed by atoms with E-state index >= 15 is 0 Å². The van der Waals surface area contributed by atoms with Crippen molar-refractivity contribution < 1.29 is 5.11 Å². The largest absolute Gasteiger partial charge is 0.375 e. The number of nitrogens with two attached hydrogens (primary N) is 1. The summed E-state index contributed by atoms with van der Waals surface area (Å²) in [5, 5.41) is 8.02. The van der Waals surface area contributed by atoms with Crippen molar-refractivity contribution in [2.75, 3.05) is 0 Å². The predicted molar refractivity (Wildman–Crippen MR) is 31.6 cm³/mol. The van der Waals surface area contributed by atoms with Crippen LogP contribution in [-0.2, 0) is 0 Å². The number of hydrogen-bond acceptors (Lipinski definition) is 2. The van der Waals surface area contributed by atoms with E-state index in [0.29, 0.717) is 0 Å². The lowest BCUT2D eigenvalue weighted by molar-refractivity contribution is 0.232. The molecule has 0 aromatic rings. The summed E-state index contributed by atoms with van der Waals surface area (Å²) in [7, 11) is 0. The molecule has 2 heteroatoms. The van der Waals surface area contributed by atoms with Crippen LogP contribution >= 0.6 is 0 Å². The average molecular weight is 101 g/mol. The maximum Gasteiger partial charge on any atom is 0.121 e. The van der Waals surface area contributed by atoms with E-state index in [-0.39, 0.29) is 0 Å². The van der Waals surface area contributed by atoms with E-state index in [2.05, 4.69) is 19.7 Å².